The average molecular weight is 456 g/mol. The Morgan fingerprint density at radius 3 is 2.48 bits per heavy atom. The normalized spacial score (nSPS) is 12.3. The number of benzene rings is 4. The van der Waals surface area contributed by atoms with Gasteiger partial charge in [0, 0.05) is 5.56 Å². The zero-order valence-electron chi connectivity index (χ0n) is 17.9. The Balaban J connectivity index is 1.60. The molecule has 0 radical (unpaired) electrons. The van der Waals surface area contributed by atoms with Crippen molar-refractivity contribution in [3.63, 3.8) is 0 Å². The summed E-state index contributed by atoms with van der Waals surface area (Å²) in [6.45, 7) is 2.15. The standard InChI is InChI=1S/C25H21N5O2S/c1-18-13-15-20(16-14-18)33(31,32)29-27-24(17-30-25-12-5-4-11-23(25)26-28-30)22-10-6-8-19-7-2-3-9-21(19)22/h2-16,29H,17H2,1H3. The minimum absolute atomic E-state index is 0.153. The second-order valence-electron chi connectivity index (χ2n) is 7.73. The van der Waals surface area contributed by atoms with Crippen LogP contribution in [0.15, 0.2) is 101 Å². The van der Waals surface area contributed by atoms with Crippen molar-refractivity contribution in [3.8, 4) is 0 Å². The van der Waals surface area contributed by atoms with E-state index in [1.54, 1.807) is 28.9 Å². The monoisotopic (exact) mass is 455 g/mol. The molecular formula is C25H21N5O2S. The zero-order valence-corrected chi connectivity index (χ0v) is 18.7. The fourth-order valence-electron chi connectivity index (χ4n) is 3.72. The van der Waals surface area contributed by atoms with Crippen molar-refractivity contribution in [1.82, 2.24) is 19.8 Å². The van der Waals surface area contributed by atoms with E-state index in [-0.39, 0.29) is 11.4 Å². The Bertz CT molecular complexity index is 1580. The summed E-state index contributed by atoms with van der Waals surface area (Å²) >= 11 is 0. The van der Waals surface area contributed by atoms with Crippen molar-refractivity contribution < 1.29 is 8.42 Å². The van der Waals surface area contributed by atoms with Gasteiger partial charge in [0.25, 0.3) is 10.0 Å². The molecule has 0 aliphatic heterocycles. The number of nitrogens with zero attached hydrogens (tertiary/aromatic N) is 4. The summed E-state index contributed by atoms with van der Waals surface area (Å²) in [7, 11) is -3.84. The van der Waals surface area contributed by atoms with E-state index < -0.39 is 10.0 Å². The number of hydrogen-bond acceptors (Lipinski definition) is 5. The molecule has 1 aromatic heterocycles. The SMILES string of the molecule is Cc1ccc(S(=O)(=O)NN=C(Cn2nnc3ccccc32)c2cccc3ccccc23)cc1. The van der Waals surface area contributed by atoms with E-state index in [0.29, 0.717) is 5.71 Å². The van der Waals surface area contributed by atoms with Gasteiger partial charge in [0.05, 0.1) is 22.7 Å². The number of aromatic nitrogens is 3. The highest BCUT2D eigenvalue weighted by Gasteiger charge is 2.16. The van der Waals surface area contributed by atoms with Crippen LogP contribution in [-0.2, 0) is 16.6 Å². The first-order valence-corrected chi connectivity index (χ1v) is 11.9. The zero-order chi connectivity index (χ0) is 22.8. The van der Waals surface area contributed by atoms with Crippen LogP contribution >= 0.6 is 0 Å². The molecule has 0 aliphatic carbocycles. The Kier molecular flexibility index (Phi) is 5.35. The number of nitrogens with one attached hydrogen (secondary N) is 1. The molecule has 0 fully saturated rings. The molecular weight excluding hydrogens is 434 g/mol. The molecule has 0 aliphatic rings. The molecule has 8 heteroatoms. The van der Waals surface area contributed by atoms with Crippen LogP contribution in [0.4, 0.5) is 0 Å². The Hall–Kier alpha value is -4.04. The van der Waals surface area contributed by atoms with Crippen LogP contribution in [0.2, 0.25) is 0 Å². The maximum absolute atomic E-state index is 12.9. The maximum Gasteiger partial charge on any atom is 0.276 e. The molecule has 0 bridgehead atoms. The van der Waals surface area contributed by atoms with Crippen LogP contribution in [0.1, 0.15) is 11.1 Å². The molecule has 5 aromatic rings. The molecule has 1 N–H and O–H groups in total. The highest BCUT2D eigenvalue weighted by atomic mass is 32.2. The fraction of sp³-hybridized carbons (Fsp3) is 0.0800. The van der Waals surface area contributed by atoms with E-state index in [9.17, 15) is 8.42 Å². The highest BCUT2D eigenvalue weighted by molar-refractivity contribution is 7.89. The van der Waals surface area contributed by atoms with Gasteiger partial charge in [-0.05, 0) is 42.0 Å². The molecule has 7 nitrogen and oxygen atoms in total. The van der Waals surface area contributed by atoms with Gasteiger partial charge in [0.1, 0.15) is 5.52 Å². The minimum Gasteiger partial charge on any atom is -0.239 e. The molecule has 0 atom stereocenters. The van der Waals surface area contributed by atoms with Crippen LogP contribution in [0.25, 0.3) is 21.8 Å². The van der Waals surface area contributed by atoms with E-state index in [4.69, 9.17) is 0 Å². The molecule has 0 spiro atoms. The molecule has 164 valence electrons. The van der Waals surface area contributed by atoms with Crippen LogP contribution in [0.5, 0.6) is 0 Å². The average Bonchev–Trinajstić information content (AvgIpc) is 3.24. The van der Waals surface area contributed by atoms with E-state index in [2.05, 4.69) is 20.2 Å². The summed E-state index contributed by atoms with van der Waals surface area (Å²) in [6.07, 6.45) is 0. The van der Waals surface area contributed by atoms with E-state index >= 15 is 0 Å². The lowest BCUT2D eigenvalue weighted by Crippen LogP contribution is -2.23. The van der Waals surface area contributed by atoms with Crippen molar-refractivity contribution >= 4 is 37.5 Å². The molecule has 0 saturated carbocycles. The summed E-state index contributed by atoms with van der Waals surface area (Å²) in [6, 6.07) is 28.1. The maximum atomic E-state index is 12.9. The van der Waals surface area contributed by atoms with E-state index in [1.165, 1.54) is 0 Å². The van der Waals surface area contributed by atoms with Crippen LogP contribution in [-0.4, -0.2) is 29.1 Å². The summed E-state index contributed by atoms with van der Waals surface area (Å²) in [4.78, 5) is 2.57. The minimum atomic E-state index is -3.84. The van der Waals surface area contributed by atoms with Gasteiger partial charge in [0.15, 0.2) is 0 Å². The first kappa shape index (κ1) is 20.8. The van der Waals surface area contributed by atoms with Crippen molar-refractivity contribution in [3.05, 3.63) is 102 Å². The molecule has 0 amide bonds. The number of fused-ring (bicyclic) bond motifs is 2. The summed E-state index contributed by atoms with van der Waals surface area (Å²) in [5.41, 5.74) is 3.92. The fourth-order valence-corrected chi connectivity index (χ4v) is 4.55. The van der Waals surface area contributed by atoms with Gasteiger partial charge in [-0.25, -0.2) is 4.68 Å². The largest absolute Gasteiger partial charge is 0.276 e. The first-order valence-electron chi connectivity index (χ1n) is 10.4. The third-order valence-corrected chi connectivity index (χ3v) is 6.68. The van der Waals surface area contributed by atoms with Gasteiger partial charge in [-0.2, -0.15) is 18.4 Å². The van der Waals surface area contributed by atoms with Crippen molar-refractivity contribution in [2.24, 2.45) is 5.10 Å². The van der Waals surface area contributed by atoms with Gasteiger partial charge < -0.3 is 0 Å². The van der Waals surface area contributed by atoms with Crippen LogP contribution in [0, 0.1) is 6.92 Å². The smallest absolute Gasteiger partial charge is 0.239 e. The van der Waals surface area contributed by atoms with E-state index in [0.717, 1.165) is 32.9 Å². The molecule has 1 heterocycles. The number of hydrogen-bond donors (Lipinski definition) is 1. The van der Waals surface area contributed by atoms with E-state index in [1.807, 2.05) is 73.7 Å². The Morgan fingerprint density at radius 1 is 0.909 bits per heavy atom. The predicted molar refractivity (Wildman–Crippen MR) is 130 cm³/mol. The summed E-state index contributed by atoms with van der Waals surface area (Å²) < 4.78 is 27.5. The van der Waals surface area contributed by atoms with Gasteiger partial charge in [-0.1, -0.05) is 77.5 Å². The number of aryl methyl sites for hydroxylation is 1. The lowest BCUT2D eigenvalue weighted by Gasteiger charge is -2.12. The third kappa shape index (κ3) is 4.20. The number of sulfonamides is 1. The number of para-hydroxylation sites is 1. The van der Waals surface area contributed by atoms with Gasteiger partial charge in [-0.15, -0.1) is 5.10 Å². The second-order valence-corrected chi connectivity index (χ2v) is 9.39. The van der Waals surface area contributed by atoms with Gasteiger partial charge >= 0.3 is 0 Å². The topological polar surface area (TPSA) is 89.2 Å². The quantitative estimate of drug-likeness (QED) is 0.306. The Morgan fingerprint density at radius 2 is 1.64 bits per heavy atom. The van der Waals surface area contributed by atoms with Crippen LogP contribution < -0.4 is 4.83 Å². The lowest BCUT2D eigenvalue weighted by atomic mass is 10.0. The lowest BCUT2D eigenvalue weighted by molar-refractivity contribution is 0.584. The van der Waals surface area contributed by atoms with Crippen LogP contribution in [0.3, 0.4) is 0 Å². The number of rotatable bonds is 6. The molecule has 33 heavy (non-hydrogen) atoms. The molecule has 4 aromatic carbocycles. The Labute approximate surface area is 191 Å². The first-order chi connectivity index (χ1) is 16.0. The third-order valence-electron chi connectivity index (χ3n) is 5.45. The summed E-state index contributed by atoms with van der Waals surface area (Å²) in [5.74, 6) is 0. The predicted octanol–water partition coefficient (Wildman–Crippen LogP) is 4.28. The number of hydrazone groups is 1. The van der Waals surface area contributed by atoms with Gasteiger partial charge in [-0.3, -0.25) is 0 Å². The van der Waals surface area contributed by atoms with Crippen molar-refractivity contribution in [2.75, 3.05) is 0 Å². The highest BCUT2D eigenvalue weighted by Crippen LogP contribution is 2.21. The van der Waals surface area contributed by atoms with Crippen molar-refractivity contribution in [1.29, 1.82) is 0 Å². The molecule has 0 saturated heterocycles. The molecule has 5 rings (SSSR count). The molecule has 0 unspecified atom stereocenters. The second kappa shape index (κ2) is 8.48. The van der Waals surface area contributed by atoms with Crippen molar-refractivity contribution in [2.45, 2.75) is 18.4 Å². The van der Waals surface area contributed by atoms with Gasteiger partial charge in [0.2, 0.25) is 0 Å². The summed E-state index contributed by atoms with van der Waals surface area (Å²) in [5, 5.41) is 14.9.